The van der Waals surface area contributed by atoms with E-state index in [1.807, 2.05) is 60.7 Å². The van der Waals surface area contributed by atoms with Crippen molar-refractivity contribution in [3.63, 3.8) is 0 Å². The molecule has 1 amide bonds. The number of aromatic hydroxyl groups is 1. The molecule has 4 aromatic rings. The number of phenolic OH excluding ortho intramolecular Hbond substituents is 1. The molecule has 11 nitrogen and oxygen atoms in total. The third kappa shape index (κ3) is 14.6. The largest absolute Gasteiger partial charge is 0.506 e. The smallest absolute Gasteiger partial charge is 0.408 e. The minimum atomic E-state index is -0.776. The van der Waals surface area contributed by atoms with E-state index in [1.54, 1.807) is 36.4 Å². The summed E-state index contributed by atoms with van der Waals surface area (Å²) < 4.78 is 17.5. The number of carbonyl (C=O) groups excluding carboxylic acids is 2. The Morgan fingerprint density at radius 1 is 0.906 bits per heavy atom. The first-order chi connectivity index (χ1) is 31.0. The average molecular weight is 896 g/mol. The normalized spacial score (nSPS) is 17.7. The standard InChI is InChI=1S/C44H47ClN4O7.2C4H10/c1-28-12-14-35-34(16-17-38(50)42(35)47-28)39(51)24-46-19-5-6-21-54-43(52)36-15-13-29(22-37(36)45)27-55-33-11-7-10-31(23-33)41(30-8-3-2-4-9-30)48-44(53)56-40-26-49-20-18-32(40)25-49;2*1-3-4-2/h2-4,7-17,22-23,32,39-41,46-47,50-51H,1,5-6,18-21,24-27H2,(H,48,53);2*3-4H2,1-2H3/t32?,39?,40-,41?;;/m0../s1. The van der Waals surface area contributed by atoms with E-state index < -0.39 is 24.2 Å². The van der Waals surface area contributed by atoms with Gasteiger partial charge in [0.05, 0.1) is 35.0 Å². The van der Waals surface area contributed by atoms with Gasteiger partial charge in [0.15, 0.2) is 0 Å². The summed E-state index contributed by atoms with van der Waals surface area (Å²) in [6, 6.07) is 25.3. The fourth-order valence-corrected chi connectivity index (χ4v) is 7.76. The van der Waals surface area contributed by atoms with Gasteiger partial charge in [-0.2, -0.15) is 0 Å². The van der Waals surface area contributed by atoms with Crippen LogP contribution in [-0.4, -0.2) is 72.6 Å². The lowest BCUT2D eigenvalue weighted by Gasteiger charge is -2.25. The number of nitrogens with one attached hydrogen (secondary N) is 3. The van der Waals surface area contributed by atoms with E-state index in [4.69, 9.17) is 25.8 Å². The van der Waals surface area contributed by atoms with Crippen LogP contribution < -0.4 is 20.7 Å². The summed E-state index contributed by atoms with van der Waals surface area (Å²) in [7, 11) is 0. The number of rotatable bonds is 18. The molecule has 5 atom stereocenters. The van der Waals surface area contributed by atoms with Crippen molar-refractivity contribution in [1.82, 2.24) is 15.5 Å². The Hall–Kier alpha value is -5.33. The van der Waals surface area contributed by atoms with Crippen molar-refractivity contribution in [2.75, 3.05) is 44.6 Å². The van der Waals surface area contributed by atoms with Crippen molar-refractivity contribution in [1.29, 1.82) is 0 Å². The summed E-state index contributed by atoms with van der Waals surface area (Å²) in [5.74, 6) is 0.607. The number of hydrogen-bond acceptors (Lipinski definition) is 10. The van der Waals surface area contributed by atoms with Crippen LogP contribution in [0.25, 0.3) is 6.08 Å². The first-order valence-corrected chi connectivity index (χ1v) is 23.2. The van der Waals surface area contributed by atoms with E-state index in [9.17, 15) is 19.8 Å². The molecule has 0 spiro atoms. The van der Waals surface area contributed by atoms with Crippen LogP contribution in [0.5, 0.6) is 11.5 Å². The molecule has 0 saturated carbocycles. The van der Waals surface area contributed by atoms with E-state index in [-0.39, 0.29) is 35.7 Å². The SMILES string of the molecule is C=C1C=Cc2c(C(O)CNCCCCOC(=O)c3ccc(COc4cccc(C(NC(=O)O[C@H]5CN6CCC5C6)c5ccccc5)c4)cc3Cl)ccc(O)c2N1.CCCC.CCCC. The molecule has 5 N–H and O–H groups in total. The highest BCUT2D eigenvalue weighted by atomic mass is 35.5. The van der Waals surface area contributed by atoms with Gasteiger partial charge in [0.1, 0.15) is 24.2 Å². The van der Waals surface area contributed by atoms with Gasteiger partial charge in [0.25, 0.3) is 0 Å². The van der Waals surface area contributed by atoms with Crippen LogP contribution in [-0.2, 0) is 16.1 Å². The number of amides is 1. The topological polar surface area (TPSA) is 142 Å². The number of unbranched alkanes of at least 4 members (excludes halogenated alkanes) is 3. The van der Waals surface area contributed by atoms with Crippen LogP contribution in [0.2, 0.25) is 5.02 Å². The number of fused-ring (bicyclic) bond motifs is 3. The highest BCUT2D eigenvalue weighted by molar-refractivity contribution is 6.33. The van der Waals surface area contributed by atoms with E-state index in [0.29, 0.717) is 48.1 Å². The summed E-state index contributed by atoms with van der Waals surface area (Å²) in [5, 5.41) is 30.6. The Morgan fingerprint density at radius 2 is 1.66 bits per heavy atom. The molecule has 7 rings (SSSR count). The second kappa shape index (κ2) is 25.8. The number of aliphatic hydroxyl groups excluding tert-OH is 1. The number of esters is 1. The maximum absolute atomic E-state index is 13.1. The zero-order chi connectivity index (χ0) is 45.8. The fraction of sp³-hybridized carbons (Fsp3) is 0.423. The van der Waals surface area contributed by atoms with Crippen LogP contribution in [0.15, 0.2) is 103 Å². The molecule has 4 aromatic carbocycles. The molecule has 0 aromatic heterocycles. The van der Waals surface area contributed by atoms with E-state index in [0.717, 1.165) is 54.7 Å². The summed E-state index contributed by atoms with van der Waals surface area (Å²) >= 11 is 6.52. The van der Waals surface area contributed by atoms with Crippen LogP contribution in [0.4, 0.5) is 10.5 Å². The number of nitrogens with zero attached hydrogens (tertiary/aromatic N) is 1. The Morgan fingerprint density at radius 3 is 2.34 bits per heavy atom. The molecule has 0 radical (unpaired) electrons. The first-order valence-electron chi connectivity index (χ1n) is 22.9. The van der Waals surface area contributed by atoms with Crippen LogP contribution in [0, 0.1) is 5.92 Å². The number of aliphatic hydroxyl groups is 1. The molecule has 12 heteroatoms. The minimum Gasteiger partial charge on any atom is -0.506 e. The molecule has 2 saturated heterocycles. The Bertz CT molecular complexity index is 2140. The Labute approximate surface area is 384 Å². The highest BCUT2D eigenvalue weighted by Gasteiger charge is 2.40. The maximum Gasteiger partial charge on any atom is 0.408 e. The Balaban J connectivity index is 0.000000890. The summed E-state index contributed by atoms with van der Waals surface area (Å²) in [4.78, 5) is 28.3. The van der Waals surface area contributed by atoms with E-state index in [1.165, 1.54) is 25.7 Å². The quantitative estimate of drug-likeness (QED) is 0.0372. The predicted molar refractivity (Wildman–Crippen MR) is 257 cm³/mol. The van der Waals surface area contributed by atoms with Crippen molar-refractivity contribution in [2.45, 2.75) is 97.5 Å². The number of hydrogen-bond donors (Lipinski definition) is 5. The lowest BCUT2D eigenvalue weighted by molar-refractivity contribution is 0.0498. The second-order valence-corrected chi connectivity index (χ2v) is 16.8. The highest BCUT2D eigenvalue weighted by Crippen LogP contribution is 2.37. The van der Waals surface area contributed by atoms with Gasteiger partial charge >= 0.3 is 12.1 Å². The van der Waals surface area contributed by atoms with Gasteiger partial charge in [-0.1, -0.05) is 132 Å². The first kappa shape index (κ1) is 49.7. The summed E-state index contributed by atoms with van der Waals surface area (Å²) in [6.07, 6.45) is 10.0. The number of anilines is 1. The van der Waals surface area contributed by atoms with Crippen molar-refractivity contribution in [2.24, 2.45) is 5.92 Å². The maximum atomic E-state index is 13.1. The third-order valence-corrected chi connectivity index (χ3v) is 11.8. The molecule has 3 heterocycles. The molecule has 0 aliphatic carbocycles. The second-order valence-electron chi connectivity index (χ2n) is 16.4. The van der Waals surface area contributed by atoms with Gasteiger partial charge in [0, 0.05) is 36.8 Å². The number of carbonyl (C=O) groups is 2. The summed E-state index contributed by atoms with van der Waals surface area (Å²) in [6.45, 7) is 16.8. The minimum absolute atomic E-state index is 0.0848. The van der Waals surface area contributed by atoms with E-state index >= 15 is 0 Å². The fourth-order valence-electron chi connectivity index (χ4n) is 7.48. The number of ether oxygens (including phenoxy) is 3. The zero-order valence-electron chi connectivity index (χ0n) is 37.9. The average Bonchev–Trinajstić information content (AvgIpc) is 3.94. The van der Waals surface area contributed by atoms with E-state index in [2.05, 4.69) is 55.1 Å². The number of allylic oxidation sites excluding steroid dienone is 1. The Kier molecular flexibility index (Phi) is 20.1. The molecule has 3 aliphatic heterocycles. The predicted octanol–water partition coefficient (Wildman–Crippen LogP) is 11.0. The van der Waals surface area contributed by atoms with Crippen LogP contribution in [0.1, 0.15) is 123 Å². The monoisotopic (exact) mass is 894 g/mol. The van der Waals surface area contributed by atoms with Crippen molar-refractivity contribution in [3.05, 3.63) is 142 Å². The van der Waals surface area contributed by atoms with Gasteiger partial charge in [-0.3, -0.25) is 4.90 Å². The molecular formula is C52H67ClN4O7. The number of benzene rings is 4. The van der Waals surface area contributed by atoms with Crippen molar-refractivity contribution in [3.8, 4) is 11.5 Å². The molecular weight excluding hydrogens is 828 g/mol. The molecule has 344 valence electrons. The lowest BCUT2D eigenvalue weighted by Crippen LogP contribution is -2.37. The van der Waals surface area contributed by atoms with Gasteiger partial charge in [-0.05, 0) is 91.0 Å². The molecule has 64 heavy (non-hydrogen) atoms. The van der Waals surface area contributed by atoms with Crippen molar-refractivity contribution < 1.29 is 34.0 Å². The van der Waals surface area contributed by atoms with Gasteiger partial charge in [-0.25, -0.2) is 9.59 Å². The van der Waals surface area contributed by atoms with Gasteiger partial charge in [-0.15, -0.1) is 0 Å². The van der Waals surface area contributed by atoms with Gasteiger partial charge < -0.3 is 40.4 Å². The van der Waals surface area contributed by atoms with Crippen LogP contribution >= 0.6 is 11.6 Å². The lowest BCUT2D eigenvalue weighted by atomic mass is 9.97. The molecule has 2 fully saturated rings. The molecule has 3 aliphatic rings. The molecule has 4 unspecified atom stereocenters. The van der Waals surface area contributed by atoms with Crippen molar-refractivity contribution >= 4 is 35.4 Å². The number of alkyl carbamates (subject to hydrolysis) is 1. The third-order valence-electron chi connectivity index (χ3n) is 11.4. The number of phenols is 1. The van der Waals surface area contributed by atoms with Crippen LogP contribution in [0.3, 0.4) is 0 Å². The van der Waals surface area contributed by atoms with Gasteiger partial charge in [0.2, 0.25) is 0 Å². The number of halogens is 1. The summed E-state index contributed by atoms with van der Waals surface area (Å²) in [5.41, 5.74) is 5.45. The number of piperidine rings is 1. The molecule has 2 bridgehead atoms. The zero-order valence-corrected chi connectivity index (χ0v) is 38.7.